The summed E-state index contributed by atoms with van der Waals surface area (Å²) >= 11 is 0. The number of aromatic nitrogens is 3. The Morgan fingerprint density at radius 3 is 2.68 bits per heavy atom. The van der Waals surface area contributed by atoms with Crippen molar-refractivity contribution in [3.8, 4) is 6.07 Å². The van der Waals surface area contributed by atoms with Gasteiger partial charge in [0.2, 0.25) is 0 Å². The fourth-order valence-electron chi connectivity index (χ4n) is 2.72. The maximum Gasteiger partial charge on any atom is 0.142 e. The minimum absolute atomic E-state index is 0.0709. The molecule has 0 spiro atoms. The van der Waals surface area contributed by atoms with Crippen LogP contribution in [-0.4, -0.2) is 34.3 Å². The highest BCUT2D eigenvalue weighted by atomic mass is 28.3. The molecule has 25 heavy (non-hydrogen) atoms. The van der Waals surface area contributed by atoms with E-state index < -0.39 is 8.07 Å². The smallest absolute Gasteiger partial charge is 0.142 e. The Morgan fingerprint density at radius 2 is 2.00 bits per heavy atom. The monoisotopic (exact) mass is 354 g/mol. The zero-order valence-corrected chi connectivity index (χ0v) is 15.8. The first-order valence-corrected chi connectivity index (χ1v) is 12.0. The molecule has 3 aromatic rings. The van der Waals surface area contributed by atoms with Crippen molar-refractivity contribution < 1.29 is 9.84 Å². The van der Waals surface area contributed by atoms with Gasteiger partial charge in [-0.1, -0.05) is 19.6 Å². The van der Waals surface area contributed by atoms with E-state index in [1.54, 1.807) is 18.5 Å². The molecular formula is C18H22N4O2Si. The molecule has 0 saturated carbocycles. The van der Waals surface area contributed by atoms with Gasteiger partial charge in [-0.3, -0.25) is 4.57 Å². The van der Waals surface area contributed by atoms with Crippen LogP contribution in [0.1, 0.15) is 11.3 Å². The second-order valence-corrected chi connectivity index (χ2v) is 13.0. The van der Waals surface area contributed by atoms with Crippen molar-refractivity contribution in [1.82, 2.24) is 14.5 Å². The van der Waals surface area contributed by atoms with Gasteiger partial charge in [0.15, 0.2) is 0 Å². The van der Waals surface area contributed by atoms with E-state index in [4.69, 9.17) is 10.00 Å². The molecule has 3 aromatic heterocycles. The van der Waals surface area contributed by atoms with Crippen molar-refractivity contribution in [1.29, 1.82) is 5.26 Å². The molecule has 0 aliphatic carbocycles. The number of rotatable bonds is 6. The minimum atomic E-state index is -1.14. The van der Waals surface area contributed by atoms with Crippen molar-refractivity contribution in [2.24, 2.45) is 0 Å². The van der Waals surface area contributed by atoms with Crippen LogP contribution in [0.4, 0.5) is 0 Å². The van der Waals surface area contributed by atoms with Crippen LogP contribution in [0.2, 0.25) is 25.7 Å². The van der Waals surface area contributed by atoms with Gasteiger partial charge in [0, 0.05) is 31.7 Å². The Kier molecular flexibility index (Phi) is 4.86. The standard InChI is InChI=1S/C18H22N4O2Si/c1-25(2,3)5-4-24-12-22-17-10-20-14(8-19)7-15(17)16-6-13(11-23)9-21-18(16)22/h6-7,9-10,23H,4-5,11-12H2,1-3H3. The molecule has 0 atom stereocenters. The Morgan fingerprint density at radius 1 is 1.20 bits per heavy atom. The van der Waals surface area contributed by atoms with Gasteiger partial charge in [0.25, 0.3) is 0 Å². The summed E-state index contributed by atoms with van der Waals surface area (Å²) in [6, 6.07) is 6.84. The molecule has 6 nitrogen and oxygen atoms in total. The van der Waals surface area contributed by atoms with Crippen molar-refractivity contribution in [2.75, 3.05) is 6.61 Å². The molecule has 3 rings (SSSR count). The number of nitrogens with zero attached hydrogens (tertiary/aromatic N) is 4. The highest BCUT2D eigenvalue weighted by Crippen LogP contribution is 2.28. The third-order valence-electron chi connectivity index (χ3n) is 4.16. The number of pyridine rings is 2. The number of hydrogen-bond acceptors (Lipinski definition) is 5. The minimum Gasteiger partial charge on any atom is -0.392 e. The molecule has 7 heteroatoms. The molecule has 0 bridgehead atoms. The fraction of sp³-hybridized carbons (Fsp3) is 0.389. The first kappa shape index (κ1) is 17.5. The second kappa shape index (κ2) is 6.92. The van der Waals surface area contributed by atoms with Crippen molar-refractivity contribution in [2.45, 2.75) is 39.0 Å². The normalized spacial score (nSPS) is 12.0. The largest absolute Gasteiger partial charge is 0.392 e. The lowest BCUT2D eigenvalue weighted by molar-refractivity contribution is 0.0925. The van der Waals surface area contributed by atoms with Crippen LogP contribution in [0.15, 0.2) is 24.5 Å². The first-order valence-electron chi connectivity index (χ1n) is 8.28. The van der Waals surface area contributed by atoms with Gasteiger partial charge in [-0.2, -0.15) is 5.26 Å². The maximum atomic E-state index is 9.39. The van der Waals surface area contributed by atoms with Gasteiger partial charge >= 0.3 is 0 Å². The number of ether oxygens (including phenoxy) is 1. The summed E-state index contributed by atoms with van der Waals surface area (Å²) in [6.07, 6.45) is 3.36. The lowest BCUT2D eigenvalue weighted by Crippen LogP contribution is -2.22. The molecular weight excluding hydrogens is 332 g/mol. The highest BCUT2D eigenvalue weighted by Gasteiger charge is 2.15. The fourth-order valence-corrected chi connectivity index (χ4v) is 3.48. The third kappa shape index (κ3) is 3.71. The zero-order chi connectivity index (χ0) is 18.0. The SMILES string of the molecule is C[Si](C)(C)CCOCn1c2cnc(C#N)cc2c2cc(CO)cnc21. The van der Waals surface area contributed by atoms with Crippen LogP contribution in [-0.2, 0) is 18.1 Å². The van der Waals surface area contributed by atoms with Gasteiger partial charge < -0.3 is 9.84 Å². The molecule has 130 valence electrons. The Balaban J connectivity index is 2.02. The van der Waals surface area contributed by atoms with Crippen LogP contribution in [0, 0.1) is 11.3 Å². The average Bonchev–Trinajstić information content (AvgIpc) is 2.90. The molecule has 0 aromatic carbocycles. The topological polar surface area (TPSA) is 84.0 Å². The van der Waals surface area contributed by atoms with Gasteiger partial charge in [-0.25, -0.2) is 9.97 Å². The number of hydrogen-bond donors (Lipinski definition) is 1. The summed E-state index contributed by atoms with van der Waals surface area (Å²) in [4.78, 5) is 8.68. The maximum absolute atomic E-state index is 9.39. The molecule has 0 fully saturated rings. The summed E-state index contributed by atoms with van der Waals surface area (Å²) in [7, 11) is -1.14. The molecule has 1 N–H and O–H groups in total. The zero-order valence-electron chi connectivity index (χ0n) is 14.8. The number of aliphatic hydroxyl groups excluding tert-OH is 1. The van der Waals surface area contributed by atoms with Crippen molar-refractivity contribution in [3.05, 3.63) is 35.8 Å². The Labute approximate surface area is 147 Å². The average molecular weight is 354 g/mol. The van der Waals surface area contributed by atoms with Crippen molar-refractivity contribution >= 4 is 30.0 Å². The van der Waals surface area contributed by atoms with E-state index in [1.807, 2.05) is 10.6 Å². The van der Waals surface area contributed by atoms with Crippen LogP contribution < -0.4 is 0 Å². The van der Waals surface area contributed by atoms with E-state index in [2.05, 4.69) is 35.7 Å². The molecule has 0 aliphatic heterocycles. The number of aliphatic hydroxyl groups is 1. The Bertz CT molecular complexity index is 953. The number of nitriles is 1. The van der Waals surface area contributed by atoms with E-state index >= 15 is 0 Å². The van der Waals surface area contributed by atoms with Crippen LogP contribution in [0.3, 0.4) is 0 Å². The number of fused-ring (bicyclic) bond motifs is 3. The summed E-state index contributed by atoms with van der Waals surface area (Å²) < 4.78 is 7.88. The summed E-state index contributed by atoms with van der Waals surface area (Å²) in [5, 5.41) is 20.3. The lowest BCUT2D eigenvalue weighted by atomic mass is 10.1. The van der Waals surface area contributed by atoms with E-state index in [0.717, 1.165) is 40.2 Å². The predicted molar refractivity (Wildman–Crippen MR) is 99.8 cm³/mol. The van der Waals surface area contributed by atoms with Crippen LogP contribution >= 0.6 is 0 Å². The van der Waals surface area contributed by atoms with Gasteiger partial charge in [-0.05, 0) is 23.7 Å². The highest BCUT2D eigenvalue weighted by molar-refractivity contribution is 6.76. The summed E-state index contributed by atoms with van der Waals surface area (Å²) in [5.74, 6) is 0. The quantitative estimate of drug-likeness (QED) is 0.542. The van der Waals surface area contributed by atoms with Gasteiger partial charge in [0.05, 0.1) is 18.3 Å². The molecule has 0 amide bonds. The molecule has 0 saturated heterocycles. The van der Waals surface area contributed by atoms with Crippen LogP contribution in [0.25, 0.3) is 21.9 Å². The third-order valence-corrected chi connectivity index (χ3v) is 5.86. The lowest BCUT2D eigenvalue weighted by Gasteiger charge is -2.16. The molecule has 0 radical (unpaired) electrons. The molecule has 3 heterocycles. The van der Waals surface area contributed by atoms with E-state index in [9.17, 15) is 5.11 Å². The van der Waals surface area contributed by atoms with Gasteiger partial charge in [0.1, 0.15) is 24.1 Å². The predicted octanol–water partition coefficient (Wildman–Crippen LogP) is 3.26. The summed E-state index contributed by atoms with van der Waals surface area (Å²) in [5.41, 5.74) is 2.75. The molecule has 0 aliphatic rings. The molecule has 0 unspecified atom stereocenters. The van der Waals surface area contributed by atoms with E-state index in [-0.39, 0.29) is 6.61 Å². The van der Waals surface area contributed by atoms with Crippen LogP contribution in [0.5, 0.6) is 0 Å². The van der Waals surface area contributed by atoms with E-state index in [1.165, 1.54) is 0 Å². The Hall–Kier alpha value is -2.27. The second-order valence-electron chi connectivity index (χ2n) is 7.35. The first-order chi connectivity index (χ1) is 11.9. The van der Waals surface area contributed by atoms with E-state index in [0.29, 0.717) is 12.4 Å². The van der Waals surface area contributed by atoms with Crippen molar-refractivity contribution in [3.63, 3.8) is 0 Å². The summed E-state index contributed by atoms with van der Waals surface area (Å²) in [6.45, 7) is 8.00. The van der Waals surface area contributed by atoms with Gasteiger partial charge in [-0.15, -0.1) is 0 Å².